The highest BCUT2D eigenvalue weighted by atomic mass is 35.5. The fourth-order valence-electron chi connectivity index (χ4n) is 1.19. The van der Waals surface area contributed by atoms with E-state index in [4.69, 9.17) is 16.1 Å². The Kier molecular flexibility index (Phi) is 5.00. The second kappa shape index (κ2) is 5.83. The van der Waals surface area contributed by atoms with Crippen molar-refractivity contribution in [3.63, 3.8) is 0 Å². The van der Waals surface area contributed by atoms with Gasteiger partial charge in [-0.2, -0.15) is 0 Å². The van der Waals surface area contributed by atoms with Gasteiger partial charge in [0, 0.05) is 0 Å². The van der Waals surface area contributed by atoms with Gasteiger partial charge < -0.3 is 9.42 Å². The lowest BCUT2D eigenvalue weighted by Gasteiger charge is -2.20. The van der Waals surface area contributed by atoms with Crippen LogP contribution in [0.15, 0.2) is 30.3 Å². The van der Waals surface area contributed by atoms with Gasteiger partial charge in [-0.05, 0) is 18.9 Å². The molecule has 90 valence electrons. The summed E-state index contributed by atoms with van der Waals surface area (Å²) in [4.78, 5) is 9.74. The average molecular weight is 263 g/mol. The molecule has 5 heteroatoms. The Labute approximate surface area is 101 Å². The molecule has 0 spiro atoms. The van der Waals surface area contributed by atoms with Crippen molar-refractivity contribution < 1.29 is 14.0 Å². The van der Waals surface area contributed by atoms with Crippen LogP contribution in [0.25, 0.3) is 0 Å². The average Bonchev–Trinajstić information content (AvgIpc) is 2.28. The van der Waals surface area contributed by atoms with Gasteiger partial charge >= 0.3 is 7.60 Å². The molecule has 0 saturated carbocycles. The Bertz CT molecular complexity index is 369. The minimum absolute atomic E-state index is 0.277. The third-order valence-corrected chi connectivity index (χ3v) is 4.79. The van der Waals surface area contributed by atoms with Crippen molar-refractivity contribution in [3.8, 4) is 0 Å². The van der Waals surface area contributed by atoms with Crippen molar-refractivity contribution in [1.82, 2.24) is 0 Å². The van der Waals surface area contributed by atoms with E-state index in [1.807, 2.05) is 13.0 Å². The monoisotopic (exact) mass is 262 g/mol. The van der Waals surface area contributed by atoms with Gasteiger partial charge in [-0.15, -0.1) is 11.6 Å². The molecular formula is C11H16ClO3P. The molecule has 1 aromatic carbocycles. The third kappa shape index (κ3) is 3.60. The third-order valence-electron chi connectivity index (χ3n) is 2.27. The molecule has 1 rings (SSSR count). The van der Waals surface area contributed by atoms with E-state index in [9.17, 15) is 9.46 Å². The summed E-state index contributed by atoms with van der Waals surface area (Å²) in [5.74, 6) is 0. The molecule has 0 amide bonds. The normalized spacial score (nSPS) is 18.8. The molecule has 3 nitrogen and oxygen atoms in total. The van der Waals surface area contributed by atoms with E-state index < -0.39 is 12.7 Å². The fraction of sp³-hybridized carbons (Fsp3) is 0.455. The minimum atomic E-state index is -3.81. The quantitative estimate of drug-likeness (QED) is 0.646. The van der Waals surface area contributed by atoms with Gasteiger partial charge in [0.05, 0.1) is 6.10 Å². The van der Waals surface area contributed by atoms with Crippen LogP contribution in [0, 0.1) is 0 Å². The Morgan fingerprint density at radius 2 is 2.00 bits per heavy atom. The Balaban J connectivity index is 2.80. The molecule has 1 aromatic rings. The number of hydrogen-bond acceptors (Lipinski definition) is 2. The first-order valence-corrected chi connectivity index (χ1v) is 7.25. The molecule has 0 aliphatic carbocycles. The highest BCUT2D eigenvalue weighted by Gasteiger charge is 2.33. The molecule has 0 radical (unpaired) electrons. The van der Waals surface area contributed by atoms with Gasteiger partial charge in [0.1, 0.15) is 0 Å². The molecule has 0 bridgehead atoms. The topological polar surface area (TPSA) is 46.5 Å². The molecule has 0 saturated heterocycles. The molecule has 0 fully saturated rings. The second-order valence-electron chi connectivity index (χ2n) is 3.63. The summed E-state index contributed by atoms with van der Waals surface area (Å²) in [6.45, 7) is 3.63. The van der Waals surface area contributed by atoms with Gasteiger partial charge in [-0.25, -0.2) is 0 Å². The van der Waals surface area contributed by atoms with Crippen LogP contribution in [0.5, 0.6) is 0 Å². The summed E-state index contributed by atoms with van der Waals surface area (Å²) in [5, 5.41) is -1.01. The summed E-state index contributed by atoms with van der Waals surface area (Å²) in [5.41, 5.74) is 0.596. The van der Waals surface area contributed by atoms with E-state index >= 15 is 0 Å². The van der Waals surface area contributed by atoms with E-state index in [0.717, 1.165) is 0 Å². The fourth-order valence-corrected chi connectivity index (χ4v) is 2.79. The van der Waals surface area contributed by atoms with E-state index in [-0.39, 0.29) is 6.10 Å². The molecule has 16 heavy (non-hydrogen) atoms. The molecular weight excluding hydrogens is 247 g/mol. The van der Waals surface area contributed by atoms with Crippen molar-refractivity contribution >= 4 is 19.2 Å². The largest absolute Gasteiger partial charge is 0.350 e. The molecule has 1 N–H and O–H groups in total. The van der Waals surface area contributed by atoms with Crippen molar-refractivity contribution in [2.75, 3.05) is 0 Å². The summed E-state index contributed by atoms with van der Waals surface area (Å²) >= 11 is 5.96. The number of halogens is 1. The van der Waals surface area contributed by atoms with E-state index in [1.165, 1.54) is 0 Å². The molecule has 3 atom stereocenters. The first kappa shape index (κ1) is 13.7. The Morgan fingerprint density at radius 1 is 1.44 bits per heavy atom. The second-order valence-corrected chi connectivity index (χ2v) is 6.23. The number of hydrogen-bond donors (Lipinski definition) is 1. The highest BCUT2D eigenvalue weighted by Crippen LogP contribution is 2.59. The summed E-state index contributed by atoms with van der Waals surface area (Å²) < 4.78 is 17.0. The maximum atomic E-state index is 11.9. The summed E-state index contributed by atoms with van der Waals surface area (Å²) in [7, 11) is -3.81. The van der Waals surface area contributed by atoms with Gasteiger partial charge in [0.15, 0.2) is 5.12 Å². The summed E-state index contributed by atoms with van der Waals surface area (Å²) in [6.07, 6.45) is 0.393. The SMILES string of the molecule is CCC(C)OP(=O)(O)C(Cl)c1ccccc1. The van der Waals surface area contributed by atoms with E-state index in [0.29, 0.717) is 12.0 Å². The lowest BCUT2D eigenvalue weighted by Crippen LogP contribution is -2.07. The van der Waals surface area contributed by atoms with Crippen LogP contribution in [0.4, 0.5) is 0 Å². The van der Waals surface area contributed by atoms with Crippen LogP contribution in [0.3, 0.4) is 0 Å². The molecule has 0 aromatic heterocycles. The number of rotatable bonds is 5. The predicted molar refractivity (Wildman–Crippen MR) is 65.7 cm³/mol. The predicted octanol–water partition coefficient (Wildman–Crippen LogP) is 3.92. The van der Waals surface area contributed by atoms with Crippen LogP contribution in [0.1, 0.15) is 30.9 Å². The van der Waals surface area contributed by atoms with Crippen LogP contribution < -0.4 is 0 Å². The highest BCUT2D eigenvalue weighted by molar-refractivity contribution is 7.55. The first-order chi connectivity index (χ1) is 7.47. The van der Waals surface area contributed by atoms with Crippen molar-refractivity contribution in [2.45, 2.75) is 31.5 Å². The van der Waals surface area contributed by atoms with Crippen molar-refractivity contribution in [3.05, 3.63) is 35.9 Å². The number of alkyl halides is 1. The molecule has 0 aliphatic heterocycles. The zero-order chi connectivity index (χ0) is 12.2. The Hall–Kier alpha value is -0.340. The van der Waals surface area contributed by atoms with E-state index in [2.05, 4.69) is 0 Å². The van der Waals surface area contributed by atoms with E-state index in [1.54, 1.807) is 31.2 Å². The smallest absolute Gasteiger partial charge is 0.323 e. The maximum absolute atomic E-state index is 11.9. The van der Waals surface area contributed by atoms with Crippen molar-refractivity contribution in [2.24, 2.45) is 0 Å². The van der Waals surface area contributed by atoms with Crippen LogP contribution in [0.2, 0.25) is 0 Å². The van der Waals surface area contributed by atoms with Gasteiger partial charge in [0.25, 0.3) is 0 Å². The first-order valence-electron chi connectivity index (χ1n) is 5.17. The lowest BCUT2D eigenvalue weighted by atomic mass is 10.2. The standard InChI is InChI=1S/C11H16ClO3P/c1-3-9(2)15-16(13,14)11(12)10-7-5-4-6-8-10/h4-9,11H,3H2,1-2H3,(H,13,14). The van der Waals surface area contributed by atoms with Crippen LogP contribution in [-0.2, 0) is 9.09 Å². The van der Waals surface area contributed by atoms with Gasteiger partial charge in [-0.1, -0.05) is 37.3 Å². The van der Waals surface area contributed by atoms with Crippen molar-refractivity contribution in [1.29, 1.82) is 0 Å². The molecule has 3 unspecified atom stereocenters. The lowest BCUT2D eigenvalue weighted by molar-refractivity contribution is 0.184. The zero-order valence-electron chi connectivity index (χ0n) is 9.34. The van der Waals surface area contributed by atoms with Crippen LogP contribution in [-0.4, -0.2) is 11.0 Å². The molecule has 0 aliphatic rings. The molecule has 0 heterocycles. The minimum Gasteiger partial charge on any atom is -0.323 e. The zero-order valence-corrected chi connectivity index (χ0v) is 11.0. The number of benzene rings is 1. The van der Waals surface area contributed by atoms with Gasteiger partial charge in [0.2, 0.25) is 0 Å². The maximum Gasteiger partial charge on any atom is 0.350 e. The van der Waals surface area contributed by atoms with Crippen LogP contribution >= 0.6 is 19.2 Å². The van der Waals surface area contributed by atoms with Gasteiger partial charge in [-0.3, -0.25) is 4.57 Å². The Morgan fingerprint density at radius 3 is 2.50 bits per heavy atom. The summed E-state index contributed by atoms with van der Waals surface area (Å²) in [6, 6.07) is 8.79.